The van der Waals surface area contributed by atoms with Gasteiger partial charge in [-0.25, -0.2) is 0 Å². The van der Waals surface area contributed by atoms with Gasteiger partial charge in [0.2, 0.25) is 0 Å². The van der Waals surface area contributed by atoms with Crippen LogP contribution < -0.4 is 5.32 Å². The molecule has 1 N–H and O–H groups in total. The number of nitrogens with one attached hydrogen (secondary N) is 1. The van der Waals surface area contributed by atoms with E-state index >= 15 is 0 Å². The van der Waals surface area contributed by atoms with Crippen molar-refractivity contribution in [2.75, 3.05) is 0 Å². The van der Waals surface area contributed by atoms with E-state index in [0.717, 1.165) is 10.8 Å². The van der Waals surface area contributed by atoms with Crippen LogP contribution in [0.25, 0.3) is 5.69 Å². The van der Waals surface area contributed by atoms with E-state index in [9.17, 15) is 0 Å². The number of hydrogen-bond donors (Lipinski definition) is 1. The Hall–Kier alpha value is -2.66. The minimum Gasteiger partial charge on any atom is -0.352 e. The predicted octanol–water partition coefficient (Wildman–Crippen LogP) is 4.79. The van der Waals surface area contributed by atoms with Crippen LogP contribution in [0.2, 0.25) is 0 Å². The Morgan fingerprint density at radius 3 is 2.50 bits per heavy atom. The highest BCUT2D eigenvalue weighted by Crippen LogP contribution is 2.43. The first kappa shape index (κ1) is 17.4. The van der Waals surface area contributed by atoms with Crippen LogP contribution in [0, 0.1) is 0 Å². The summed E-state index contributed by atoms with van der Waals surface area (Å²) in [6.07, 6.45) is 11.3. The van der Waals surface area contributed by atoms with Gasteiger partial charge in [0.15, 0.2) is 5.11 Å². The second-order valence-electron chi connectivity index (χ2n) is 7.66. The van der Waals surface area contributed by atoms with E-state index in [2.05, 4.69) is 74.6 Å². The number of rotatable bonds is 4. The number of benzene rings is 1. The maximum absolute atomic E-state index is 5.81. The summed E-state index contributed by atoms with van der Waals surface area (Å²) >= 11 is 5.81. The molecular weight excluding hydrogens is 364 g/mol. The van der Waals surface area contributed by atoms with Gasteiger partial charge in [0.1, 0.15) is 0 Å². The van der Waals surface area contributed by atoms with Gasteiger partial charge >= 0.3 is 0 Å². The van der Waals surface area contributed by atoms with Gasteiger partial charge in [0, 0.05) is 30.3 Å². The zero-order valence-electron chi connectivity index (χ0n) is 15.7. The van der Waals surface area contributed by atoms with Crippen molar-refractivity contribution in [1.29, 1.82) is 0 Å². The molecule has 0 radical (unpaired) electrons. The van der Waals surface area contributed by atoms with Crippen LogP contribution >= 0.6 is 12.2 Å². The van der Waals surface area contributed by atoms with Crippen LogP contribution in [0.4, 0.5) is 0 Å². The van der Waals surface area contributed by atoms with Crippen LogP contribution in [0.5, 0.6) is 0 Å². The average molecular weight is 389 g/mol. The lowest BCUT2D eigenvalue weighted by Gasteiger charge is -2.32. The molecule has 2 atom stereocenters. The predicted molar refractivity (Wildman–Crippen MR) is 115 cm³/mol. The Bertz CT molecular complexity index is 947. The highest BCUT2D eigenvalue weighted by Gasteiger charge is 2.43. The molecule has 28 heavy (non-hydrogen) atoms. The zero-order chi connectivity index (χ0) is 18.9. The topological polar surface area (TPSA) is 33.1 Å². The summed E-state index contributed by atoms with van der Waals surface area (Å²) in [7, 11) is 0. The monoisotopic (exact) mass is 388 g/mol. The number of nitrogens with zero attached hydrogens (tertiary/aromatic N) is 3. The van der Waals surface area contributed by atoms with Crippen molar-refractivity contribution in [3.63, 3.8) is 0 Å². The van der Waals surface area contributed by atoms with Crippen molar-refractivity contribution in [2.45, 2.75) is 43.8 Å². The van der Waals surface area contributed by atoms with Gasteiger partial charge in [-0.15, -0.1) is 0 Å². The highest BCUT2D eigenvalue weighted by molar-refractivity contribution is 7.80. The first-order chi connectivity index (χ1) is 13.8. The summed E-state index contributed by atoms with van der Waals surface area (Å²) in [6, 6.07) is 19.5. The fourth-order valence-electron chi connectivity index (χ4n) is 4.65. The van der Waals surface area contributed by atoms with Crippen LogP contribution in [-0.2, 0) is 0 Å². The normalized spacial score (nSPS) is 22.6. The van der Waals surface area contributed by atoms with E-state index in [4.69, 9.17) is 12.2 Å². The van der Waals surface area contributed by atoms with Crippen molar-refractivity contribution in [2.24, 2.45) is 0 Å². The number of aromatic nitrogens is 2. The smallest absolute Gasteiger partial charge is 0.170 e. The SMILES string of the molecule is S=C1N[C@H](c2ccccn2)[C@H](c2ccn(-c3ccccc3)c2)N1C1CCCC1. The maximum atomic E-state index is 5.81. The summed E-state index contributed by atoms with van der Waals surface area (Å²) in [4.78, 5) is 7.09. The summed E-state index contributed by atoms with van der Waals surface area (Å²) in [5, 5.41) is 4.44. The third-order valence-electron chi connectivity index (χ3n) is 5.97. The second kappa shape index (κ2) is 7.40. The number of hydrogen-bond acceptors (Lipinski definition) is 2. The van der Waals surface area contributed by atoms with Gasteiger partial charge in [-0.3, -0.25) is 4.98 Å². The van der Waals surface area contributed by atoms with Crippen LogP contribution in [0.1, 0.15) is 49.0 Å². The quantitative estimate of drug-likeness (QED) is 0.652. The van der Waals surface area contributed by atoms with Crippen molar-refractivity contribution in [3.05, 3.63) is 84.4 Å². The second-order valence-corrected chi connectivity index (χ2v) is 8.05. The van der Waals surface area contributed by atoms with Gasteiger partial charge in [0.05, 0.1) is 17.8 Å². The molecule has 1 saturated heterocycles. The Kier molecular flexibility index (Phi) is 4.61. The highest BCUT2D eigenvalue weighted by atomic mass is 32.1. The van der Waals surface area contributed by atoms with E-state index in [-0.39, 0.29) is 12.1 Å². The molecule has 0 unspecified atom stereocenters. The number of thiocarbonyl (C=S) groups is 1. The molecule has 142 valence electrons. The average Bonchev–Trinajstić information content (AvgIpc) is 3.48. The molecule has 1 aliphatic carbocycles. The summed E-state index contributed by atoms with van der Waals surface area (Å²) in [6.45, 7) is 0. The molecule has 1 aromatic carbocycles. The van der Waals surface area contributed by atoms with Crippen LogP contribution in [-0.4, -0.2) is 25.6 Å². The lowest BCUT2D eigenvalue weighted by atomic mass is 9.97. The fraction of sp³-hybridized carbons (Fsp3) is 0.304. The zero-order valence-corrected chi connectivity index (χ0v) is 16.6. The standard InChI is InChI=1S/C23H24N4S/c28-23-25-21(20-12-6-7-14-24-20)22(27(23)19-10-4-5-11-19)17-13-15-26(16-17)18-8-2-1-3-9-18/h1-3,6-9,12-16,19,21-22H,4-5,10-11H2,(H,25,28)/t21-,22+/m1/s1. The molecule has 4 nitrogen and oxygen atoms in total. The molecule has 0 bridgehead atoms. The molecule has 2 fully saturated rings. The molecule has 1 aliphatic heterocycles. The molecule has 0 amide bonds. The van der Waals surface area contributed by atoms with Gasteiger partial charge in [0.25, 0.3) is 0 Å². The van der Waals surface area contributed by atoms with Crippen LogP contribution in [0.3, 0.4) is 0 Å². The molecule has 2 aliphatic rings. The van der Waals surface area contributed by atoms with Gasteiger partial charge in [-0.05, 0) is 61.0 Å². The lowest BCUT2D eigenvalue weighted by molar-refractivity contribution is 0.245. The first-order valence-electron chi connectivity index (χ1n) is 10.0. The van der Waals surface area contributed by atoms with E-state index in [1.165, 1.54) is 36.9 Å². The summed E-state index contributed by atoms with van der Waals surface area (Å²) in [5.74, 6) is 0. The summed E-state index contributed by atoms with van der Waals surface area (Å²) < 4.78 is 2.19. The third-order valence-corrected chi connectivity index (χ3v) is 6.29. The van der Waals surface area contributed by atoms with Gasteiger partial charge < -0.3 is 14.8 Å². The number of pyridine rings is 1. The molecule has 2 aromatic heterocycles. The maximum Gasteiger partial charge on any atom is 0.170 e. The summed E-state index contributed by atoms with van der Waals surface area (Å²) in [5.41, 5.74) is 3.49. The van der Waals surface area contributed by atoms with Crippen LogP contribution in [0.15, 0.2) is 73.2 Å². The van der Waals surface area contributed by atoms with Gasteiger partial charge in [-0.1, -0.05) is 37.1 Å². The number of para-hydroxylation sites is 1. The molecule has 5 heteroatoms. The Labute approximate surface area is 171 Å². The van der Waals surface area contributed by atoms with E-state index in [1.54, 1.807) is 0 Å². The first-order valence-corrected chi connectivity index (χ1v) is 10.5. The Balaban J connectivity index is 1.55. The largest absolute Gasteiger partial charge is 0.352 e. The molecular formula is C23H24N4S. The van der Waals surface area contributed by atoms with E-state index in [0.29, 0.717) is 6.04 Å². The molecule has 1 saturated carbocycles. The molecule has 5 rings (SSSR count). The Morgan fingerprint density at radius 1 is 0.964 bits per heavy atom. The molecule has 3 heterocycles. The fourth-order valence-corrected chi connectivity index (χ4v) is 5.04. The van der Waals surface area contributed by atoms with Gasteiger partial charge in [-0.2, -0.15) is 0 Å². The van der Waals surface area contributed by atoms with E-state index in [1.807, 2.05) is 18.3 Å². The lowest BCUT2D eigenvalue weighted by Crippen LogP contribution is -2.37. The Morgan fingerprint density at radius 2 is 1.75 bits per heavy atom. The van der Waals surface area contributed by atoms with Crippen molar-refractivity contribution < 1.29 is 0 Å². The third kappa shape index (κ3) is 3.10. The van der Waals surface area contributed by atoms with Crippen molar-refractivity contribution in [3.8, 4) is 5.69 Å². The van der Waals surface area contributed by atoms with Crippen molar-refractivity contribution >= 4 is 17.3 Å². The van der Waals surface area contributed by atoms with Crippen molar-refractivity contribution in [1.82, 2.24) is 19.8 Å². The molecule has 0 spiro atoms. The molecule has 3 aromatic rings. The van der Waals surface area contributed by atoms with E-state index < -0.39 is 0 Å². The minimum atomic E-state index is 0.0703. The minimum absolute atomic E-state index is 0.0703.